The Morgan fingerprint density at radius 2 is 1.70 bits per heavy atom. The van der Waals surface area contributed by atoms with Gasteiger partial charge in [0.25, 0.3) is 10.0 Å². The van der Waals surface area contributed by atoms with Crippen molar-refractivity contribution in [3.63, 3.8) is 0 Å². The Labute approximate surface area is 117 Å². The number of nitrogens with zero attached hydrogens (tertiary/aromatic N) is 2. The molecule has 1 unspecified atom stereocenters. The van der Waals surface area contributed by atoms with Crippen molar-refractivity contribution in [1.29, 1.82) is 5.26 Å². The number of benzene rings is 2. The van der Waals surface area contributed by atoms with Crippen LogP contribution in [0.3, 0.4) is 0 Å². The van der Waals surface area contributed by atoms with Crippen LogP contribution in [-0.4, -0.2) is 14.5 Å². The highest BCUT2D eigenvalue weighted by atomic mass is 32.2. The maximum atomic E-state index is 12.7. The number of fused-ring (bicyclic) bond motifs is 1. The zero-order valence-electron chi connectivity index (χ0n) is 10.6. The zero-order valence-corrected chi connectivity index (χ0v) is 11.4. The summed E-state index contributed by atoms with van der Waals surface area (Å²) in [5, 5.41) is 9.26. The quantitative estimate of drug-likeness (QED) is 0.850. The molecule has 0 fully saturated rings. The summed E-state index contributed by atoms with van der Waals surface area (Å²) in [7, 11) is -3.70. The normalized spacial score (nSPS) is 17.6. The van der Waals surface area contributed by atoms with E-state index in [1.165, 1.54) is 4.31 Å². The molecule has 4 nitrogen and oxygen atoms in total. The molecule has 3 rings (SSSR count). The number of hydrogen-bond acceptors (Lipinski definition) is 3. The molecule has 0 aliphatic carbocycles. The lowest BCUT2D eigenvalue weighted by Gasteiger charge is -2.22. The molecule has 0 bridgehead atoms. The van der Waals surface area contributed by atoms with Crippen molar-refractivity contribution in [3.05, 3.63) is 60.2 Å². The van der Waals surface area contributed by atoms with Gasteiger partial charge in [0, 0.05) is 6.42 Å². The van der Waals surface area contributed by atoms with E-state index in [-0.39, 0.29) is 4.90 Å². The van der Waals surface area contributed by atoms with Crippen molar-refractivity contribution in [2.24, 2.45) is 0 Å². The molecular formula is C15H12N2O2S. The molecule has 1 aliphatic heterocycles. The lowest BCUT2D eigenvalue weighted by molar-refractivity contribution is 0.588. The minimum Gasteiger partial charge on any atom is -0.248 e. The largest absolute Gasteiger partial charge is 0.265 e. The first-order chi connectivity index (χ1) is 9.64. The Morgan fingerprint density at radius 3 is 2.40 bits per heavy atom. The molecule has 100 valence electrons. The Balaban J connectivity index is 2.16. The average molecular weight is 284 g/mol. The van der Waals surface area contributed by atoms with Crippen LogP contribution in [0.25, 0.3) is 0 Å². The molecular weight excluding hydrogens is 272 g/mol. The fourth-order valence-electron chi connectivity index (χ4n) is 2.46. The summed E-state index contributed by atoms with van der Waals surface area (Å²) in [5.41, 5.74) is 1.49. The third-order valence-corrected chi connectivity index (χ3v) is 5.21. The summed E-state index contributed by atoms with van der Waals surface area (Å²) in [4.78, 5) is 0.206. The van der Waals surface area contributed by atoms with Crippen LogP contribution in [0.2, 0.25) is 0 Å². The molecule has 2 aromatic rings. The summed E-state index contributed by atoms with van der Waals surface area (Å²) in [6.07, 6.45) is 0.429. The van der Waals surface area contributed by atoms with Crippen LogP contribution >= 0.6 is 0 Å². The van der Waals surface area contributed by atoms with Crippen molar-refractivity contribution in [1.82, 2.24) is 0 Å². The topological polar surface area (TPSA) is 61.2 Å². The van der Waals surface area contributed by atoms with E-state index in [0.717, 1.165) is 5.56 Å². The second-order valence-corrected chi connectivity index (χ2v) is 6.41. The lowest BCUT2D eigenvalue weighted by Crippen LogP contribution is -2.36. The standard InChI is InChI=1S/C15H12N2O2S/c16-11-13-10-12-6-4-5-9-15(12)17(13)20(18,19)14-7-2-1-3-8-14/h1-9,13H,10H2. The number of rotatable bonds is 2. The van der Waals surface area contributed by atoms with Crippen LogP contribution in [0.5, 0.6) is 0 Å². The van der Waals surface area contributed by atoms with E-state index in [4.69, 9.17) is 0 Å². The Kier molecular flexibility index (Phi) is 2.96. The molecule has 0 N–H and O–H groups in total. The van der Waals surface area contributed by atoms with Gasteiger partial charge in [0.2, 0.25) is 0 Å². The minimum absolute atomic E-state index is 0.206. The van der Waals surface area contributed by atoms with E-state index in [0.29, 0.717) is 12.1 Å². The molecule has 1 aliphatic rings. The van der Waals surface area contributed by atoms with Gasteiger partial charge in [-0.15, -0.1) is 0 Å². The van der Waals surface area contributed by atoms with Crippen molar-refractivity contribution in [2.45, 2.75) is 17.4 Å². The maximum Gasteiger partial charge on any atom is 0.265 e. The third-order valence-electron chi connectivity index (χ3n) is 3.37. The number of para-hydroxylation sites is 1. The summed E-state index contributed by atoms with van der Waals surface area (Å²) < 4.78 is 26.7. The molecule has 0 spiro atoms. The fourth-order valence-corrected chi connectivity index (χ4v) is 4.08. The van der Waals surface area contributed by atoms with Crippen LogP contribution in [0.1, 0.15) is 5.56 Å². The smallest absolute Gasteiger partial charge is 0.248 e. The Morgan fingerprint density at radius 1 is 1.05 bits per heavy atom. The first-order valence-corrected chi connectivity index (χ1v) is 7.65. The Hall–Kier alpha value is -2.32. The van der Waals surface area contributed by atoms with Crippen LogP contribution in [0, 0.1) is 11.3 Å². The van der Waals surface area contributed by atoms with E-state index in [2.05, 4.69) is 6.07 Å². The zero-order chi connectivity index (χ0) is 14.2. The molecule has 20 heavy (non-hydrogen) atoms. The second kappa shape index (κ2) is 4.66. The van der Waals surface area contributed by atoms with Gasteiger partial charge in [0.05, 0.1) is 16.7 Å². The molecule has 0 radical (unpaired) electrons. The number of sulfonamides is 1. The van der Waals surface area contributed by atoms with E-state index in [1.807, 2.05) is 12.1 Å². The fraction of sp³-hybridized carbons (Fsp3) is 0.133. The van der Waals surface area contributed by atoms with E-state index >= 15 is 0 Å². The van der Waals surface area contributed by atoms with Crippen LogP contribution in [0.4, 0.5) is 5.69 Å². The molecule has 1 heterocycles. The van der Waals surface area contributed by atoms with Gasteiger partial charge in [-0.1, -0.05) is 36.4 Å². The van der Waals surface area contributed by atoms with E-state index in [9.17, 15) is 13.7 Å². The predicted molar refractivity (Wildman–Crippen MR) is 75.7 cm³/mol. The van der Waals surface area contributed by atoms with Gasteiger partial charge < -0.3 is 0 Å². The van der Waals surface area contributed by atoms with E-state index in [1.54, 1.807) is 42.5 Å². The molecule has 0 saturated heterocycles. The molecule has 5 heteroatoms. The Bertz CT molecular complexity index is 779. The van der Waals surface area contributed by atoms with Gasteiger partial charge in [-0.2, -0.15) is 5.26 Å². The lowest BCUT2D eigenvalue weighted by atomic mass is 10.1. The molecule has 0 aromatic heterocycles. The van der Waals surface area contributed by atoms with Gasteiger partial charge in [-0.05, 0) is 23.8 Å². The van der Waals surface area contributed by atoms with Gasteiger partial charge in [0.15, 0.2) is 0 Å². The monoisotopic (exact) mass is 284 g/mol. The van der Waals surface area contributed by atoms with Gasteiger partial charge in [-0.25, -0.2) is 12.7 Å². The summed E-state index contributed by atoms with van der Waals surface area (Å²) in [6, 6.07) is 16.9. The molecule has 2 aromatic carbocycles. The first-order valence-electron chi connectivity index (χ1n) is 6.21. The van der Waals surface area contributed by atoms with Gasteiger partial charge in [-0.3, -0.25) is 0 Å². The highest BCUT2D eigenvalue weighted by Crippen LogP contribution is 2.36. The van der Waals surface area contributed by atoms with Crippen molar-refractivity contribution < 1.29 is 8.42 Å². The van der Waals surface area contributed by atoms with Crippen LogP contribution < -0.4 is 4.31 Å². The van der Waals surface area contributed by atoms with Crippen molar-refractivity contribution in [3.8, 4) is 6.07 Å². The molecule has 0 saturated carbocycles. The predicted octanol–water partition coefficient (Wildman–Crippen LogP) is 2.33. The van der Waals surface area contributed by atoms with Crippen LogP contribution in [-0.2, 0) is 16.4 Å². The minimum atomic E-state index is -3.70. The van der Waals surface area contributed by atoms with Gasteiger partial charge in [0.1, 0.15) is 6.04 Å². The SMILES string of the molecule is N#CC1Cc2ccccc2N1S(=O)(=O)c1ccccc1. The highest BCUT2D eigenvalue weighted by molar-refractivity contribution is 7.92. The molecule has 0 amide bonds. The molecule has 1 atom stereocenters. The van der Waals surface area contributed by atoms with Crippen LogP contribution in [0.15, 0.2) is 59.5 Å². The third kappa shape index (κ3) is 1.86. The number of hydrogen-bond donors (Lipinski definition) is 0. The van der Waals surface area contributed by atoms with Crippen molar-refractivity contribution >= 4 is 15.7 Å². The van der Waals surface area contributed by atoms with Gasteiger partial charge >= 0.3 is 0 Å². The van der Waals surface area contributed by atoms with Crippen molar-refractivity contribution in [2.75, 3.05) is 4.31 Å². The summed E-state index contributed by atoms with van der Waals surface area (Å²) in [6.45, 7) is 0. The average Bonchev–Trinajstić information content (AvgIpc) is 2.87. The van der Waals surface area contributed by atoms with E-state index < -0.39 is 16.1 Å². The first kappa shape index (κ1) is 12.7. The summed E-state index contributed by atoms with van der Waals surface area (Å²) in [5.74, 6) is 0. The number of nitriles is 1. The maximum absolute atomic E-state index is 12.7. The summed E-state index contributed by atoms with van der Waals surface area (Å²) >= 11 is 0. The number of anilines is 1. The second-order valence-electron chi connectivity index (χ2n) is 4.59. The highest BCUT2D eigenvalue weighted by Gasteiger charge is 2.38.